The Morgan fingerprint density at radius 3 is 2.88 bits per heavy atom. The van der Waals surface area contributed by atoms with Gasteiger partial charge in [-0.3, -0.25) is 9.69 Å². The Hall–Kier alpha value is -2.67. The molecule has 0 saturated carbocycles. The van der Waals surface area contributed by atoms with Crippen molar-refractivity contribution in [3.63, 3.8) is 0 Å². The van der Waals surface area contributed by atoms with Crippen LogP contribution >= 0.6 is 0 Å². The van der Waals surface area contributed by atoms with Crippen molar-refractivity contribution < 1.29 is 23.5 Å². The van der Waals surface area contributed by atoms with Crippen LogP contribution in [0.25, 0.3) is 11.0 Å². The quantitative estimate of drug-likeness (QED) is 0.615. The maximum Gasteiger partial charge on any atom is 0.338 e. The third kappa shape index (κ3) is 3.10. The van der Waals surface area contributed by atoms with E-state index in [1.807, 2.05) is 0 Å². The molecular weight excluding hydrogens is 338 g/mol. The van der Waals surface area contributed by atoms with E-state index in [-0.39, 0.29) is 25.0 Å². The van der Waals surface area contributed by atoms with Gasteiger partial charge in [-0.2, -0.15) is 0 Å². The number of amides is 1. The second-order valence-electron chi connectivity index (χ2n) is 6.53. The van der Waals surface area contributed by atoms with Gasteiger partial charge < -0.3 is 13.9 Å². The molecule has 0 radical (unpaired) electrons. The van der Waals surface area contributed by atoms with Crippen LogP contribution in [0.4, 0.5) is 5.69 Å². The molecule has 1 aromatic carbocycles. The first-order valence-electron chi connectivity index (χ1n) is 8.76. The average Bonchev–Trinajstić information content (AvgIpc) is 3.28. The van der Waals surface area contributed by atoms with E-state index in [4.69, 9.17) is 13.9 Å². The van der Waals surface area contributed by atoms with Crippen molar-refractivity contribution in [3.05, 3.63) is 40.8 Å². The summed E-state index contributed by atoms with van der Waals surface area (Å²) in [5.41, 5.74) is 0.199. The zero-order valence-corrected chi connectivity index (χ0v) is 14.2. The highest BCUT2D eigenvalue weighted by Crippen LogP contribution is 2.32. The third-order valence-corrected chi connectivity index (χ3v) is 4.81. The molecule has 2 saturated heterocycles. The number of carbonyl (C=O) groups excluding carboxylic acids is 2. The fourth-order valence-electron chi connectivity index (χ4n) is 3.55. The average molecular weight is 357 g/mol. The zero-order chi connectivity index (χ0) is 18.1. The van der Waals surface area contributed by atoms with Gasteiger partial charge in [0.15, 0.2) is 0 Å². The second-order valence-corrected chi connectivity index (χ2v) is 6.53. The van der Waals surface area contributed by atoms with Gasteiger partial charge in [0.05, 0.1) is 11.8 Å². The van der Waals surface area contributed by atoms with Crippen LogP contribution < -0.4 is 10.5 Å². The number of esters is 1. The van der Waals surface area contributed by atoms with E-state index in [1.54, 1.807) is 24.3 Å². The van der Waals surface area contributed by atoms with Crippen molar-refractivity contribution >= 4 is 28.5 Å². The molecule has 7 heteroatoms. The molecule has 0 aliphatic carbocycles. The third-order valence-electron chi connectivity index (χ3n) is 4.81. The highest BCUT2D eigenvalue weighted by atomic mass is 16.6. The van der Waals surface area contributed by atoms with Crippen molar-refractivity contribution in [1.29, 1.82) is 0 Å². The normalized spacial score (nSPS) is 22.9. The number of rotatable bonds is 4. The van der Waals surface area contributed by atoms with Crippen LogP contribution in [0.1, 0.15) is 25.7 Å². The molecule has 0 spiro atoms. The first-order valence-corrected chi connectivity index (χ1v) is 8.76. The minimum Gasteiger partial charge on any atom is -0.461 e. The van der Waals surface area contributed by atoms with Gasteiger partial charge in [0.25, 0.3) is 0 Å². The Balaban J connectivity index is 1.62. The van der Waals surface area contributed by atoms with Crippen molar-refractivity contribution in [3.8, 4) is 0 Å². The summed E-state index contributed by atoms with van der Waals surface area (Å²) in [7, 11) is 0. The number of ether oxygens (including phenoxy) is 2. The number of nitrogens with zero attached hydrogens (tertiary/aromatic N) is 1. The number of benzene rings is 1. The Bertz CT molecular complexity index is 898. The van der Waals surface area contributed by atoms with Gasteiger partial charge in [0, 0.05) is 24.5 Å². The van der Waals surface area contributed by atoms with Crippen molar-refractivity contribution in [2.75, 3.05) is 18.1 Å². The molecule has 136 valence electrons. The maximum absolute atomic E-state index is 12.6. The molecule has 2 fully saturated rings. The molecule has 3 heterocycles. The van der Waals surface area contributed by atoms with Gasteiger partial charge in [-0.15, -0.1) is 0 Å². The van der Waals surface area contributed by atoms with E-state index >= 15 is 0 Å². The number of carbonyl (C=O) groups is 2. The molecular formula is C19H19NO6. The van der Waals surface area contributed by atoms with Crippen LogP contribution in [0.3, 0.4) is 0 Å². The van der Waals surface area contributed by atoms with Gasteiger partial charge in [0.2, 0.25) is 5.91 Å². The molecule has 1 aromatic heterocycles. The van der Waals surface area contributed by atoms with Crippen LogP contribution in [0.15, 0.2) is 39.5 Å². The maximum atomic E-state index is 12.6. The first kappa shape index (κ1) is 16.8. The summed E-state index contributed by atoms with van der Waals surface area (Å²) in [5.74, 6) is -0.677. The molecule has 4 rings (SSSR count). The van der Waals surface area contributed by atoms with Crippen molar-refractivity contribution in [1.82, 2.24) is 0 Å². The van der Waals surface area contributed by atoms with E-state index in [0.29, 0.717) is 29.7 Å². The van der Waals surface area contributed by atoms with Crippen LogP contribution in [0.2, 0.25) is 0 Å². The summed E-state index contributed by atoms with van der Waals surface area (Å²) in [6.45, 7) is 0.872. The number of fused-ring (bicyclic) bond motifs is 1. The highest BCUT2D eigenvalue weighted by Gasteiger charge is 2.39. The zero-order valence-electron chi connectivity index (χ0n) is 14.2. The number of hydrogen-bond acceptors (Lipinski definition) is 6. The lowest BCUT2D eigenvalue weighted by Gasteiger charge is -2.24. The van der Waals surface area contributed by atoms with Gasteiger partial charge in [-0.25, -0.2) is 9.59 Å². The number of anilines is 1. The van der Waals surface area contributed by atoms with Crippen molar-refractivity contribution in [2.45, 2.75) is 37.8 Å². The van der Waals surface area contributed by atoms with Crippen molar-refractivity contribution in [2.24, 2.45) is 0 Å². The number of hydrogen-bond donors (Lipinski definition) is 0. The molecule has 2 aliphatic rings. The second kappa shape index (κ2) is 6.92. The molecule has 7 nitrogen and oxygen atoms in total. The minimum atomic E-state index is -0.742. The smallest absolute Gasteiger partial charge is 0.338 e. The van der Waals surface area contributed by atoms with Gasteiger partial charge in [0.1, 0.15) is 18.2 Å². The summed E-state index contributed by atoms with van der Waals surface area (Å²) in [6.07, 6.45) is 2.34. The highest BCUT2D eigenvalue weighted by molar-refractivity contribution is 6.07. The molecule has 1 amide bonds. The monoisotopic (exact) mass is 357 g/mol. The Labute approximate surface area is 149 Å². The lowest BCUT2D eigenvalue weighted by Crippen LogP contribution is -2.41. The predicted molar refractivity (Wildman–Crippen MR) is 92.9 cm³/mol. The molecule has 2 atom stereocenters. The van der Waals surface area contributed by atoms with E-state index in [0.717, 1.165) is 12.8 Å². The largest absolute Gasteiger partial charge is 0.461 e. The molecule has 2 aliphatic heterocycles. The fourth-order valence-corrected chi connectivity index (χ4v) is 3.55. The van der Waals surface area contributed by atoms with E-state index in [9.17, 15) is 14.4 Å². The molecule has 0 unspecified atom stereocenters. The van der Waals surface area contributed by atoms with Gasteiger partial charge >= 0.3 is 11.6 Å². The molecule has 2 aromatic rings. The van der Waals surface area contributed by atoms with Crippen LogP contribution in [0.5, 0.6) is 0 Å². The lowest BCUT2D eigenvalue weighted by atomic mass is 10.1. The SMILES string of the molecule is O=C(OC[C@@H]1CCCO1)[C@@H]1CCC(=O)N1c1cc(=O)oc2ccccc12. The summed E-state index contributed by atoms with van der Waals surface area (Å²) in [6, 6.07) is 7.46. The van der Waals surface area contributed by atoms with Crippen LogP contribution in [-0.4, -0.2) is 37.2 Å². The Kier molecular flexibility index (Phi) is 4.46. The van der Waals surface area contributed by atoms with Crippen LogP contribution in [-0.2, 0) is 19.1 Å². The molecule has 0 N–H and O–H groups in total. The lowest BCUT2D eigenvalue weighted by molar-refractivity contribution is -0.148. The predicted octanol–water partition coefficient (Wildman–Crippen LogP) is 2.01. The van der Waals surface area contributed by atoms with E-state index in [2.05, 4.69) is 0 Å². The summed E-state index contributed by atoms with van der Waals surface area (Å²) in [5, 5.41) is 0.610. The van der Waals surface area contributed by atoms with E-state index in [1.165, 1.54) is 11.0 Å². The van der Waals surface area contributed by atoms with Gasteiger partial charge in [-0.1, -0.05) is 12.1 Å². The Morgan fingerprint density at radius 1 is 1.23 bits per heavy atom. The molecule has 0 bridgehead atoms. The summed E-state index contributed by atoms with van der Waals surface area (Å²) in [4.78, 5) is 38.3. The van der Waals surface area contributed by atoms with Gasteiger partial charge in [-0.05, 0) is 31.4 Å². The fraction of sp³-hybridized carbons (Fsp3) is 0.421. The Morgan fingerprint density at radius 2 is 2.08 bits per heavy atom. The molecule has 26 heavy (non-hydrogen) atoms. The topological polar surface area (TPSA) is 86.0 Å². The number of para-hydroxylation sites is 1. The summed E-state index contributed by atoms with van der Waals surface area (Å²) < 4.78 is 16.0. The standard InChI is InChI=1S/C19H19NO6/c21-17-8-7-14(19(23)25-11-12-4-3-9-24-12)20(17)15-10-18(22)26-16-6-2-1-5-13(15)16/h1-2,5-6,10,12,14H,3-4,7-9,11H2/t12-,14-/m0/s1. The van der Waals surface area contributed by atoms with E-state index < -0.39 is 17.6 Å². The first-order chi connectivity index (χ1) is 12.6. The minimum absolute atomic E-state index is 0.0749. The van der Waals surface area contributed by atoms with Crippen LogP contribution in [0, 0.1) is 0 Å². The summed E-state index contributed by atoms with van der Waals surface area (Å²) >= 11 is 0.